The molecule has 1 saturated heterocycles. The van der Waals surface area contributed by atoms with Crippen LogP contribution in [0.25, 0.3) is 0 Å². The molecule has 1 atom stereocenters. The molecule has 2 aromatic rings. The second-order valence-corrected chi connectivity index (χ2v) is 6.09. The zero-order valence-electron chi connectivity index (χ0n) is 13.2. The van der Waals surface area contributed by atoms with E-state index >= 15 is 0 Å². The minimum Gasteiger partial charge on any atom is -0.464 e. The van der Waals surface area contributed by atoms with Gasteiger partial charge in [0.25, 0.3) is 0 Å². The predicted octanol–water partition coefficient (Wildman–Crippen LogP) is 3.36. The van der Waals surface area contributed by atoms with Crippen LogP contribution in [0, 0.1) is 6.92 Å². The highest BCUT2D eigenvalue weighted by molar-refractivity contribution is 7.80. The van der Waals surface area contributed by atoms with E-state index in [4.69, 9.17) is 21.4 Å². The number of nitrogens with zero attached hydrogens (tertiary/aromatic N) is 2. The summed E-state index contributed by atoms with van der Waals surface area (Å²) < 4.78 is 11.5. The van der Waals surface area contributed by atoms with Crippen LogP contribution in [-0.4, -0.2) is 34.3 Å². The molecule has 5 nitrogen and oxygen atoms in total. The van der Waals surface area contributed by atoms with Gasteiger partial charge in [0.1, 0.15) is 11.5 Å². The molecular weight excluding hydrogens is 310 g/mol. The molecule has 1 aliphatic heterocycles. The van der Waals surface area contributed by atoms with Crippen LogP contribution >= 0.6 is 12.2 Å². The highest BCUT2D eigenvalue weighted by Crippen LogP contribution is 2.17. The molecule has 0 bridgehead atoms. The number of thiocarbonyl (C=S) groups is 1. The molecule has 23 heavy (non-hydrogen) atoms. The SMILES string of the molecule is Cc1ccc(CN(C[C@@H]2CCCO2)C(=S)Nc2cccnc2)o1. The smallest absolute Gasteiger partial charge is 0.173 e. The molecule has 122 valence electrons. The fourth-order valence-electron chi connectivity index (χ4n) is 2.65. The highest BCUT2D eigenvalue weighted by Gasteiger charge is 2.22. The second-order valence-electron chi connectivity index (χ2n) is 5.70. The number of hydrogen-bond acceptors (Lipinski definition) is 4. The monoisotopic (exact) mass is 331 g/mol. The number of nitrogens with one attached hydrogen (secondary N) is 1. The van der Waals surface area contributed by atoms with Crippen molar-refractivity contribution in [3.63, 3.8) is 0 Å². The van der Waals surface area contributed by atoms with Crippen LogP contribution in [0.2, 0.25) is 0 Å². The molecule has 0 unspecified atom stereocenters. The Morgan fingerprint density at radius 3 is 3.00 bits per heavy atom. The van der Waals surface area contributed by atoms with Gasteiger partial charge >= 0.3 is 0 Å². The van der Waals surface area contributed by atoms with Crippen molar-refractivity contribution in [2.24, 2.45) is 0 Å². The number of furan rings is 1. The third-order valence-electron chi connectivity index (χ3n) is 3.79. The van der Waals surface area contributed by atoms with Crippen molar-refractivity contribution in [3.05, 3.63) is 48.2 Å². The van der Waals surface area contributed by atoms with Gasteiger partial charge in [0.05, 0.1) is 24.5 Å². The average Bonchev–Trinajstić information content (AvgIpc) is 3.19. The molecule has 1 fully saturated rings. The zero-order valence-corrected chi connectivity index (χ0v) is 14.0. The minimum absolute atomic E-state index is 0.222. The van der Waals surface area contributed by atoms with E-state index in [9.17, 15) is 0 Å². The van der Waals surface area contributed by atoms with Gasteiger partial charge in [-0.1, -0.05) is 0 Å². The Morgan fingerprint density at radius 2 is 2.35 bits per heavy atom. The number of ether oxygens (including phenoxy) is 1. The van der Waals surface area contributed by atoms with Crippen LogP contribution in [0.5, 0.6) is 0 Å². The Bertz CT molecular complexity index is 638. The molecule has 0 aromatic carbocycles. The van der Waals surface area contributed by atoms with E-state index in [1.54, 1.807) is 12.4 Å². The van der Waals surface area contributed by atoms with Crippen LogP contribution in [0.1, 0.15) is 24.4 Å². The summed E-state index contributed by atoms with van der Waals surface area (Å²) in [6.45, 7) is 4.16. The molecule has 1 N–H and O–H groups in total. The van der Waals surface area contributed by atoms with Crippen molar-refractivity contribution < 1.29 is 9.15 Å². The van der Waals surface area contributed by atoms with E-state index in [2.05, 4.69) is 15.2 Å². The molecular formula is C17H21N3O2S. The summed E-state index contributed by atoms with van der Waals surface area (Å²) in [5.41, 5.74) is 0.880. The Morgan fingerprint density at radius 1 is 1.43 bits per heavy atom. The first kappa shape index (κ1) is 16.0. The first-order valence-electron chi connectivity index (χ1n) is 7.83. The summed E-state index contributed by atoms with van der Waals surface area (Å²) in [5.74, 6) is 1.80. The lowest BCUT2D eigenvalue weighted by molar-refractivity contribution is 0.0892. The average molecular weight is 331 g/mol. The van der Waals surface area contributed by atoms with Gasteiger partial charge in [0, 0.05) is 19.3 Å². The molecule has 0 aliphatic carbocycles. The fraction of sp³-hybridized carbons (Fsp3) is 0.412. The van der Waals surface area contributed by atoms with Crippen LogP contribution in [0.3, 0.4) is 0 Å². The Labute approximate surface area is 141 Å². The van der Waals surface area contributed by atoms with E-state index in [0.717, 1.165) is 43.2 Å². The molecule has 3 heterocycles. The summed E-state index contributed by atoms with van der Waals surface area (Å²) in [7, 11) is 0. The molecule has 1 aliphatic rings. The van der Waals surface area contributed by atoms with Gasteiger partial charge in [-0.05, 0) is 56.2 Å². The third kappa shape index (κ3) is 4.53. The largest absolute Gasteiger partial charge is 0.464 e. The molecule has 0 saturated carbocycles. The third-order valence-corrected chi connectivity index (χ3v) is 4.15. The van der Waals surface area contributed by atoms with Gasteiger partial charge in [-0.2, -0.15) is 0 Å². The molecule has 0 amide bonds. The molecule has 3 rings (SSSR count). The summed E-state index contributed by atoms with van der Waals surface area (Å²) >= 11 is 5.59. The van der Waals surface area contributed by atoms with Crippen LogP contribution in [-0.2, 0) is 11.3 Å². The van der Waals surface area contributed by atoms with E-state index in [-0.39, 0.29) is 6.10 Å². The molecule has 2 aromatic heterocycles. The summed E-state index contributed by atoms with van der Waals surface area (Å²) in [6, 6.07) is 7.79. The fourth-order valence-corrected chi connectivity index (χ4v) is 2.91. The zero-order chi connectivity index (χ0) is 16.1. The maximum Gasteiger partial charge on any atom is 0.173 e. The van der Waals surface area contributed by atoms with Gasteiger partial charge in [0.2, 0.25) is 0 Å². The van der Waals surface area contributed by atoms with E-state index < -0.39 is 0 Å². The van der Waals surface area contributed by atoms with Gasteiger partial charge in [-0.3, -0.25) is 4.98 Å². The minimum atomic E-state index is 0.222. The van der Waals surface area contributed by atoms with Crippen molar-refractivity contribution in [2.75, 3.05) is 18.5 Å². The van der Waals surface area contributed by atoms with Gasteiger partial charge in [-0.15, -0.1) is 0 Å². The first-order chi connectivity index (χ1) is 11.2. The topological polar surface area (TPSA) is 50.5 Å². The lowest BCUT2D eigenvalue weighted by atomic mass is 10.2. The van der Waals surface area contributed by atoms with Gasteiger partial charge in [-0.25, -0.2) is 0 Å². The number of aryl methyl sites for hydroxylation is 1. The van der Waals surface area contributed by atoms with E-state index in [1.807, 2.05) is 31.2 Å². The first-order valence-corrected chi connectivity index (χ1v) is 8.24. The highest BCUT2D eigenvalue weighted by atomic mass is 32.1. The number of rotatable bonds is 5. The van der Waals surface area contributed by atoms with Crippen molar-refractivity contribution in [2.45, 2.75) is 32.4 Å². The van der Waals surface area contributed by atoms with Crippen LogP contribution in [0.4, 0.5) is 5.69 Å². The lowest BCUT2D eigenvalue weighted by Crippen LogP contribution is -2.39. The van der Waals surface area contributed by atoms with E-state index in [1.165, 1.54) is 0 Å². The van der Waals surface area contributed by atoms with Crippen molar-refractivity contribution in [3.8, 4) is 0 Å². The number of aromatic nitrogens is 1. The lowest BCUT2D eigenvalue weighted by Gasteiger charge is -2.27. The van der Waals surface area contributed by atoms with Gasteiger partial charge < -0.3 is 19.4 Å². The van der Waals surface area contributed by atoms with E-state index in [0.29, 0.717) is 11.7 Å². The number of anilines is 1. The van der Waals surface area contributed by atoms with Crippen molar-refractivity contribution >= 4 is 23.0 Å². The summed E-state index contributed by atoms with van der Waals surface area (Å²) in [6.07, 6.45) is 5.90. The van der Waals surface area contributed by atoms with Crippen molar-refractivity contribution in [1.29, 1.82) is 0 Å². The van der Waals surface area contributed by atoms with Crippen LogP contribution < -0.4 is 5.32 Å². The maximum atomic E-state index is 5.75. The summed E-state index contributed by atoms with van der Waals surface area (Å²) in [5, 5.41) is 3.90. The summed E-state index contributed by atoms with van der Waals surface area (Å²) in [4.78, 5) is 6.20. The van der Waals surface area contributed by atoms with Gasteiger partial charge in [0.15, 0.2) is 5.11 Å². The standard InChI is InChI=1S/C17H21N3O2S/c1-13-6-7-16(22-13)12-20(11-15-5-3-9-21-15)17(23)19-14-4-2-8-18-10-14/h2,4,6-8,10,15H,3,5,9,11-12H2,1H3,(H,19,23)/t15-/m0/s1. The predicted molar refractivity (Wildman–Crippen MR) is 93.3 cm³/mol. The molecule has 0 radical (unpaired) electrons. The normalized spacial score (nSPS) is 17.2. The Balaban J connectivity index is 1.69. The van der Waals surface area contributed by atoms with Crippen molar-refractivity contribution in [1.82, 2.24) is 9.88 Å². The quantitative estimate of drug-likeness (QED) is 0.848. The number of pyridine rings is 1. The Kier molecular flexibility index (Phi) is 5.25. The Hall–Kier alpha value is -1.92. The maximum absolute atomic E-state index is 5.75. The molecule has 0 spiro atoms. The molecule has 6 heteroatoms. The second kappa shape index (κ2) is 7.57. The van der Waals surface area contributed by atoms with Crippen LogP contribution in [0.15, 0.2) is 41.1 Å². The number of hydrogen-bond donors (Lipinski definition) is 1.